The minimum Gasteiger partial charge on any atom is -0.465 e. The third-order valence-electron chi connectivity index (χ3n) is 11.2. The predicted molar refractivity (Wildman–Crippen MR) is 165 cm³/mol. The summed E-state index contributed by atoms with van der Waals surface area (Å²) in [5.41, 5.74) is 2.75. The lowest BCUT2D eigenvalue weighted by Crippen LogP contribution is -2.59. The number of carbonyl (C=O) groups excluding carboxylic acids is 3. The number of esters is 3. The van der Waals surface area contributed by atoms with Crippen LogP contribution in [0.1, 0.15) is 78.2 Å². The number of carbonyl (C=O) groups is 3. The number of cyclic esters (lactones) is 1. The SMILES string of the molecule is C=C1CC[C@@H]2[C@](C)(COC(C)=O)[C@H](OC(C)=O)CC[C@@]2(C)[C@@H]1C[C@H](C1=CCOC1=O)N1CCC(Cc2ccccc2)CC1. The molecule has 234 valence electrons. The number of ether oxygens (including phenoxy) is 3. The van der Waals surface area contributed by atoms with Crippen molar-refractivity contribution in [3.63, 3.8) is 0 Å². The Balaban J connectivity index is 1.39. The molecule has 6 atom stereocenters. The van der Waals surface area contributed by atoms with Crippen LogP contribution in [-0.2, 0) is 35.0 Å². The van der Waals surface area contributed by atoms with Crippen LogP contribution < -0.4 is 0 Å². The molecule has 1 aromatic rings. The Morgan fingerprint density at radius 3 is 2.42 bits per heavy atom. The highest BCUT2D eigenvalue weighted by molar-refractivity contribution is 5.91. The standard InChI is InChI=1S/C36H49NO6/c1-24-11-12-32-35(4,17-13-33(43-26(3)39)36(32,5)23-42-25(2)38)30(24)22-31(29-16-20-41-34(29)40)37-18-14-28(15-19-37)21-27-9-7-6-8-10-27/h6-10,16,28,30-33H,1,11-15,17-23H2,2-5H3/t30-,31-,32+,33-,35+,36+/m1/s1. The van der Waals surface area contributed by atoms with E-state index in [4.69, 9.17) is 14.2 Å². The van der Waals surface area contributed by atoms with Crippen molar-refractivity contribution in [3.05, 3.63) is 59.7 Å². The van der Waals surface area contributed by atoms with Gasteiger partial charge in [0.1, 0.15) is 19.3 Å². The fourth-order valence-electron chi connectivity index (χ4n) is 9.01. The second kappa shape index (κ2) is 13.0. The van der Waals surface area contributed by atoms with Crippen molar-refractivity contribution in [1.82, 2.24) is 4.90 Å². The van der Waals surface area contributed by atoms with E-state index in [1.54, 1.807) is 0 Å². The van der Waals surface area contributed by atoms with Crippen molar-refractivity contribution in [2.24, 2.45) is 28.6 Å². The van der Waals surface area contributed by atoms with Gasteiger partial charge in [-0.05, 0) is 99.3 Å². The van der Waals surface area contributed by atoms with Crippen LogP contribution in [0.15, 0.2) is 54.1 Å². The maximum atomic E-state index is 13.0. The van der Waals surface area contributed by atoms with Gasteiger partial charge in [0.15, 0.2) is 0 Å². The Kier molecular flexibility index (Phi) is 9.50. The van der Waals surface area contributed by atoms with E-state index < -0.39 is 5.41 Å². The van der Waals surface area contributed by atoms with E-state index in [1.165, 1.54) is 25.0 Å². The van der Waals surface area contributed by atoms with Gasteiger partial charge in [0, 0.05) is 25.3 Å². The first-order valence-corrected chi connectivity index (χ1v) is 16.1. The molecule has 43 heavy (non-hydrogen) atoms. The Morgan fingerprint density at radius 2 is 1.79 bits per heavy atom. The maximum absolute atomic E-state index is 13.0. The lowest BCUT2D eigenvalue weighted by Gasteiger charge is -2.61. The first kappa shape index (κ1) is 31.5. The Labute approximate surface area is 257 Å². The predicted octanol–water partition coefficient (Wildman–Crippen LogP) is 6.07. The zero-order valence-electron chi connectivity index (χ0n) is 26.4. The molecule has 0 bridgehead atoms. The summed E-state index contributed by atoms with van der Waals surface area (Å²) in [6, 6.07) is 10.7. The molecule has 0 aromatic heterocycles. The lowest BCUT2D eigenvalue weighted by molar-refractivity contribution is -0.192. The van der Waals surface area contributed by atoms with Crippen LogP contribution in [-0.4, -0.2) is 61.3 Å². The molecule has 3 fully saturated rings. The van der Waals surface area contributed by atoms with E-state index in [0.29, 0.717) is 18.9 Å². The summed E-state index contributed by atoms with van der Waals surface area (Å²) in [5.74, 6) is 0.139. The first-order chi connectivity index (χ1) is 20.5. The average molecular weight is 592 g/mol. The summed E-state index contributed by atoms with van der Waals surface area (Å²) < 4.78 is 17.0. The van der Waals surface area contributed by atoms with Crippen molar-refractivity contribution in [1.29, 1.82) is 0 Å². The van der Waals surface area contributed by atoms with Crippen LogP contribution in [0.2, 0.25) is 0 Å². The number of allylic oxidation sites excluding steroid dienone is 1. The quantitative estimate of drug-likeness (QED) is 0.196. The molecule has 0 N–H and O–H groups in total. The van der Waals surface area contributed by atoms with Crippen molar-refractivity contribution < 1.29 is 28.6 Å². The molecule has 2 aliphatic carbocycles. The molecule has 2 saturated carbocycles. The molecule has 0 amide bonds. The van der Waals surface area contributed by atoms with Gasteiger partial charge in [0.05, 0.1) is 5.57 Å². The van der Waals surface area contributed by atoms with Crippen molar-refractivity contribution in [2.75, 3.05) is 26.3 Å². The Hall–Kier alpha value is -2.93. The van der Waals surface area contributed by atoms with Crippen molar-refractivity contribution >= 4 is 17.9 Å². The second-order valence-electron chi connectivity index (χ2n) is 13.9. The van der Waals surface area contributed by atoms with E-state index in [1.807, 2.05) is 6.08 Å². The largest absolute Gasteiger partial charge is 0.465 e. The molecule has 0 spiro atoms. The molecule has 4 aliphatic rings. The molecular formula is C36H49NO6. The number of benzene rings is 1. The molecule has 0 radical (unpaired) electrons. The van der Waals surface area contributed by atoms with Crippen molar-refractivity contribution in [3.8, 4) is 0 Å². The van der Waals surface area contributed by atoms with Gasteiger partial charge in [-0.25, -0.2) is 4.79 Å². The van der Waals surface area contributed by atoms with Gasteiger partial charge < -0.3 is 14.2 Å². The molecule has 7 nitrogen and oxygen atoms in total. The highest BCUT2D eigenvalue weighted by atomic mass is 16.6. The zero-order valence-corrected chi connectivity index (χ0v) is 26.4. The number of fused-ring (bicyclic) bond motifs is 1. The van der Waals surface area contributed by atoms with E-state index in [2.05, 4.69) is 55.7 Å². The highest BCUT2D eigenvalue weighted by Crippen LogP contribution is 2.63. The van der Waals surface area contributed by atoms with E-state index in [9.17, 15) is 14.4 Å². The topological polar surface area (TPSA) is 82.1 Å². The Bertz CT molecular complexity index is 1230. The summed E-state index contributed by atoms with van der Waals surface area (Å²) in [7, 11) is 0. The smallest absolute Gasteiger partial charge is 0.335 e. The zero-order chi connectivity index (χ0) is 30.8. The molecule has 1 aromatic carbocycles. The minimum absolute atomic E-state index is 0.0316. The molecular weight excluding hydrogens is 542 g/mol. The van der Waals surface area contributed by atoms with E-state index >= 15 is 0 Å². The molecule has 1 saturated heterocycles. The number of hydrogen-bond acceptors (Lipinski definition) is 7. The minimum atomic E-state index is -0.514. The van der Waals surface area contributed by atoms with Crippen LogP contribution in [0.3, 0.4) is 0 Å². The van der Waals surface area contributed by atoms with E-state index in [-0.39, 0.29) is 53.9 Å². The molecule has 7 heteroatoms. The van der Waals surface area contributed by atoms with Crippen LogP contribution in [0, 0.1) is 28.6 Å². The van der Waals surface area contributed by atoms with Crippen molar-refractivity contribution in [2.45, 2.75) is 91.2 Å². The summed E-state index contributed by atoms with van der Waals surface area (Å²) in [6.07, 6.45) is 9.11. The molecule has 2 aliphatic heterocycles. The number of rotatable bonds is 9. The Morgan fingerprint density at radius 1 is 1.07 bits per heavy atom. The van der Waals surface area contributed by atoms with Crippen LogP contribution in [0.25, 0.3) is 0 Å². The molecule has 5 rings (SSSR count). The second-order valence-corrected chi connectivity index (χ2v) is 13.9. The first-order valence-electron chi connectivity index (χ1n) is 16.1. The third kappa shape index (κ3) is 6.62. The fraction of sp³-hybridized carbons (Fsp3) is 0.639. The van der Waals surface area contributed by atoms with Gasteiger partial charge in [0.2, 0.25) is 0 Å². The number of nitrogens with zero attached hydrogens (tertiary/aromatic N) is 1. The van der Waals surface area contributed by atoms with Gasteiger partial charge in [-0.2, -0.15) is 0 Å². The summed E-state index contributed by atoms with van der Waals surface area (Å²) >= 11 is 0. The normalized spacial score (nSPS) is 32.4. The molecule has 2 heterocycles. The van der Waals surface area contributed by atoms with Gasteiger partial charge >= 0.3 is 17.9 Å². The summed E-state index contributed by atoms with van der Waals surface area (Å²) in [6.45, 7) is 14.4. The summed E-state index contributed by atoms with van der Waals surface area (Å²) in [4.78, 5) is 39.6. The number of piperidine rings is 1. The van der Waals surface area contributed by atoms with Gasteiger partial charge in [-0.1, -0.05) is 56.3 Å². The maximum Gasteiger partial charge on any atom is 0.335 e. The highest BCUT2D eigenvalue weighted by Gasteiger charge is 2.60. The van der Waals surface area contributed by atoms with Gasteiger partial charge in [0.25, 0.3) is 0 Å². The third-order valence-corrected chi connectivity index (χ3v) is 11.2. The van der Waals surface area contributed by atoms with Crippen LogP contribution in [0.4, 0.5) is 0 Å². The average Bonchev–Trinajstić information content (AvgIpc) is 3.40. The van der Waals surface area contributed by atoms with Crippen LogP contribution >= 0.6 is 0 Å². The van der Waals surface area contributed by atoms with Gasteiger partial charge in [-0.3, -0.25) is 14.5 Å². The van der Waals surface area contributed by atoms with Gasteiger partial charge in [-0.15, -0.1) is 0 Å². The fourth-order valence-corrected chi connectivity index (χ4v) is 9.01. The monoisotopic (exact) mass is 591 g/mol. The summed E-state index contributed by atoms with van der Waals surface area (Å²) in [5, 5.41) is 0. The molecule has 0 unspecified atom stereocenters. The number of hydrogen-bond donors (Lipinski definition) is 0. The lowest BCUT2D eigenvalue weighted by atomic mass is 9.45. The van der Waals surface area contributed by atoms with E-state index in [0.717, 1.165) is 63.6 Å². The van der Waals surface area contributed by atoms with Crippen LogP contribution in [0.5, 0.6) is 0 Å². The number of likely N-dealkylation sites (tertiary alicyclic amines) is 1.